The molecule has 0 fully saturated rings. The van der Waals surface area contributed by atoms with Crippen LogP contribution in [0.4, 0.5) is 0 Å². The van der Waals surface area contributed by atoms with E-state index < -0.39 is 0 Å². The highest BCUT2D eigenvalue weighted by Crippen LogP contribution is 2.01. The molecule has 1 N–H and O–H groups in total. The SMILES string of the molecule is CCCn1cc(CNCc2cnn(CCC)c2)cn1.Cl. The molecule has 0 atom stereocenters. The fourth-order valence-corrected chi connectivity index (χ4v) is 2.05. The third-order valence-electron chi connectivity index (χ3n) is 2.94. The van der Waals surface area contributed by atoms with Crippen molar-refractivity contribution in [2.75, 3.05) is 0 Å². The smallest absolute Gasteiger partial charge is 0.0534 e. The lowest BCUT2D eigenvalue weighted by atomic mass is 10.3. The summed E-state index contributed by atoms with van der Waals surface area (Å²) < 4.78 is 3.99. The van der Waals surface area contributed by atoms with Crippen LogP contribution in [0.1, 0.15) is 37.8 Å². The molecule has 0 amide bonds. The molecule has 2 heterocycles. The van der Waals surface area contributed by atoms with Crippen LogP contribution in [0.2, 0.25) is 0 Å². The van der Waals surface area contributed by atoms with Crippen molar-refractivity contribution in [1.29, 1.82) is 0 Å². The van der Waals surface area contributed by atoms with E-state index in [1.165, 1.54) is 11.1 Å². The molecule has 0 aliphatic rings. The first-order chi connectivity index (χ1) is 9.31. The summed E-state index contributed by atoms with van der Waals surface area (Å²) in [5.74, 6) is 0. The van der Waals surface area contributed by atoms with Crippen LogP contribution < -0.4 is 5.32 Å². The van der Waals surface area contributed by atoms with Gasteiger partial charge in [0, 0.05) is 49.7 Å². The first kappa shape index (κ1) is 16.7. The zero-order chi connectivity index (χ0) is 13.5. The van der Waals surface area contributed by atoms with Crippen molar-refractivity contribution in [3.8, 4) is 0 Å². The van der Waals surface area contributed by atoms with Crippen LogP contribution in [-0.2, 0) is 26.2 Å². The monoisotopic (exact) mass is 297 g/mol. The Labute approximate surface area is 126 Å². The van der Waals surface area contributed by atoms with E-state index in [0.29, 0.717) is 0 Å². The predicted octanol–water partition coefficient (Wildman–Crippen LogP) is 2.61. The Morgan fingerprint density at radius 2 is 1.35 bits per heavy atom. The van der Waals surface area contributed by atoms with Crippen molar-refractivity contribution in [2.45, 2.75) is 52.9 Å². The molecule has 2 aromatic heterocycles. The summed E-state index contributed by atoms with van der Waals surface area (Å²) in [4.78, 5) is 0. The molecule has 0 unspecified atom stereocenters. The molecular weight excluding hydrogens is 274 g/mol. The highest BCUT2D eigenvalue weighted by atomic mass is 35.5. The van der Waals surface area contributed by atoms with E-state index in [1.54, 1.807) is 0 Å². The second kappa shape index (κ2) is 8.76. The third-order valence-corrected chi connectivity index (χ3v) is 2.94. The molecule has 6 heteroatoms. The largest absolute Gasteiger partial charge is 0.308 e. The maximum atomic E-state index is 4.32. The molecule has 20 heavy (non-hydrogen) atoms. The quantitative estimate of drug-likeness (QED) is 0.815. The Morgan fingerprint density at radius 1 is 0.900 bits per heavy atom. The zero-order valence-electron chi connectivity index (χ0n) is 12.2. The van der Waals surface area contributed by atoms with Crippen molar-refractivity contribution >= 4 is 12.4 Å². The van der Waals surface area contributed by atoms with Crippen molar-refractivity contribution in [1.82, 2.24) is 24.9 Å². The van der Waals surface area contributed by atoms with Crippen molar-refractivity contribution in [3.63, 3.8) is 0 Å². The lowest BCUT2D eigenvalue weighted by Gasteiger charge is -2.00. The first-order valence-electron chi connectivity index (χ1n) is 7.05. The fourth-order valence-electron chi connectivity index (χ4n) is 2.05. The molecular formula is C14H24ClN5. The van der Waals surface area contributed by atoms with Gasteiger partial charge in [-0.15, -0.1) is 12.4 Å². The Balaban J connectivity index is 0.00000200. The zero-order valence-corrected chi connectivity index (χ0v) is 13.1. The minimum Gasteiger partial charge on any atom is -0.308 e. The molecule has 0 bridgehead atoms. The van der Waals surface area contributed by atoms with Crippen molar-refractivity contribution < 1.29 is 0 Å². The number of aromatic nitrogens is 4. The number of nitrogens with zero attached hydrogens (tertiary/aromatic N) is 4. The molecule has 2 aromatic rings. The highest BCUT2D eigenvalue weighted by Gasteiger charge is 2.00. The maximum absolute atomic E-state index is 4.32. The molecule has 0 radical (unpaired) electrons. The van der Waals surface area contributed by atoms with Gasteiger partial charge in [0.25, 0.3) is 0 Å². The van der Waals surface area contributed by atoms with Gasteiger partial charge in [-0.3, -0.25) is 9.36 Å². The summed E-state index contributed by atoms with van der Waals surface area (Å²) in [5, 5.41) is 12.1. The van der Waals surface area contributed by atoms with Gasteiger partial charge in [0.1, 0.15) is 0 Å². The van der Waals surface area contributed by atoms with E-state index >= 15 is 0 Å². The second-order valence-electron chi connectivity index (χ2n) is 4.83. The minimum atomic E-state index is 0. The van der Waals surface area contributed by atoms with Gasteiger partial charge in [-0.1, -0.05) is 13.8 Å². The van der Waals surface area contributed by atoms with Gasteiger partial charge in [0.2, 0.25) is 0 Å². The van der Waals surface area contributed by atoms with Crippen LogP contribution in [0, 0.1) is 0 Å². The van der Waals surface area contributed by atoms with Crippen molar-refractivity contribution in [3.05, 3.63) is 35.9 Å². The highest BCUT2D eigenvalue weighted by molar-refractivity contribution is 5.85. The Bertz CT molecular complexity index is 447. The summed E-state index contributed by atoms with van der Waals surface area (Å²) >= 11 is 0. The van der Waals surface area contributed by atoms with Crippen LogP contribution in [0.5, 0.6) is 0 Å². The lowest BCUT2D eigenvalue weighted by Crippen LogP contribution is -2.11. The average molecular weight is 298 g/mol. The van der Waals surface area contributed by atoms with Gasteiger partial charge in [-0.25, -0.2) is 0 Å². The van der Waals surface area contributed by atoms with Crippen LogP contribution >= 0.6 is 12.4 Å². The van der Waals surface area contributed by atoms with Gasteiger partial charge < -0.3 is 5.32 Å². The topological polar surface area (TPSA) is 47.7 Å². The first-order valence-corrected chi connectivity index (χ1v) is 7.05. The molecule has 0 saturated carbocycles. The van der Waals surface area contributed by atoms with Crippen molar-refractivity contribution in [2.24, 2.45) is 0 Å². The van der Waals surface area contributed by atoms with Gasteiger partial charge in [-0.2, -0.15) is 10.2 Å². The molecule has 0 aromatic carbocycles. The third kappa shape index (κ3) is 4.98. The number of nitrogens with one attached hydrogen (secondary N) is 1. The number of rotatable bonds is 8. The fraction of sp³-hybridized carbons (Fsp3) is 0.571. The van der Waals surface area contributed by atoms with E-state index in [-0.39, 0.29) is 12.4 Å². The number of aryl methyl sites for hydroxylation is 2. The van der Waals surface area contributed by atoms with Crippen LogP contribution in [0.25, 0.3) is 0 Å². The van der Waals surface area contributed by atoms with Crippen LogP contribution in [0.15, 0.2) is 24.8 Å². The van der Waals surface area contributed by atoms with E-state index in [0.717, 1.165) is 39.0 Å². The second-order valence-corrected chi connectivity index (χ2v) is 4.83. The molecule has 0 aliphatic carbocycles. The predicted molar refractivity (Wildman–Crippen MR) is 82.8 cm³/mol. The van der Waals surface area contributed by atoms with E-state index in [1.807, 2.05) is 21.8 Å². The Kier molecular flexibility index (Phi) is 7.33. The maximum Gasteiger partial charge on any atom is 0.0534 e. The summed E-state index contributed by atoms with van der Waals surface area (Å²) in [6.07, 6.45) is 10.3. The normalized spacial score (nSPS) is 10.5. The van der Waals surface area contributed by atoms with Gasteiger partial charge in [0.15, 0.2) is 0 Å². The summed E-state index contributed by atoms with van der Waals surface area (Å²) in [6, 6.07) is 0. The van der Waals surface area contributed by atoms with E-state index in [9.17, 15) is 0 Å². The Morgan fingerprint density at radius 3 is 1.75 bits per heavy atom. The molecule has 0 saturated heterocycles. The van der Waals surface area contributed by atoms with Gasteiger partial charge in [-0.05, 0) is 12.8 Å². The Hall–Kier alpha value is -1.33. The number of halogens is 1. The molecule has 0 spiro atoms. The standard InChI is InChI=1S/C14H23N5.ClH/c1-3-5-18-11-13(9-16-18)7-15-8-14-10-17-19(12-14)6-4-2;/h9-12,15H,3-8H2,1-2H3;1H. The van der Waals surface area contributed by atoms with Gasteiger partial charge >= 0.3 is 0 Å². The minimum absolute atomic E-state index is 0. The van der Waals surface area contributed by atoms with Crippen LogP contribution in [0.3, 0.4) is 0 Å². The number of hydrogen-bond acceptors (Lipinski definition) is 3. The molecule has 0 aliphatic heterocycles. The summed E-state index contributed by atoms with van der Waals surface area (Å²) in [6.45, 7) is 8.00. The van der Waals surface area contributed by atoms with E-state index in [2.05, 4.69) is 41.8 Å². The molecule has 5 nitrogen and oxygen atoms in total. The lowest BCUT2D eigenvalue weighted by molar-refractivity contribution is 0.600. The average Bonchev–Trinajstić information content (AvgIpc) is 3.01. The summed E-state index contributed by atoms with van der Waals surface area (Å²) in [7, 11) is 0. The molecule has 112 valence electrons. The molecule has 2 rings (SSSR count). The number of hydrogen-bond donors (Lipinski definition) is 1. The summed E-state index contributed by atoms with van der Waals surface area (Å²) in [5.41, 5.74) is 2.46. The van der Waals surface area contributed by atoms with Gasteiger partial charge in [0.05, 0.1) is 12.4 Å². The van der Waals surface area contributed by atoms with Crippen LogP contribution in [-0.4, -0.2) is 19.6 Å². The van der Waals surface area contributed by atoms with E-state index in [4.69, 9.17) is 0 Å².